The van der Waals surface area contributed by atoms with E-state index in [4.69, 9.17) is 11.6 Å². The maximum Gasteiger partial charge on any atom is 0.347 e. The lowest BCUT2D eigenvalue weighted by molar-refractivity contribution is 0.102. The van der Waals surface area contributed by atoms with Crippen LogP contribution in [0, 0.1) is 0 Å². The van der Waals surface area contributed by atoms with Crippen LogP contribution in [0.2, 0.25) is 5.02 Å². The molecule has 30 heavy (non-hydrogen) atoms. The second kappa shape index (κ2) is 7.17. The summed E-state index contributed by atoms with van der Waals surface area (Å²) in [6, 6.07) is 22.6. The van der Waals surface area contributed by atoms with Gasteiger partial charge < -0.3 is 5.32 Å². The van der Waals surface area contributed by atoms with Gasteiger partial charge in [-0.1, -0.05) is 54.1 Å². The number of anilines is 1. The number of aromatic nitrogens is 3. The predicted molar refractivity (Wildman–Crippen MR) is 118 cm³/mol. The standard InChI is InChI=1S/C23H15ClN4O2/c24-16-9-10-20(19(12-16)18-7-3-5-14-4-1-2-6-17(14)18)25-22(29)15-8-11-21-26-27-23(30)28(21)13-15/h1-13H,(H,25,29)(H,27,30). The van der Waals surface area contributed by atoms with E-state index < -0.39 is 5.69 Å². The molecule has 2 aromatic heterocycles. The Kier molecular flexibility index (Phi) is 4.34. The monoisotopic (exact) mass is 414 g/mol. The maximum atomic E-state index is 12.9. The Morgan fingerprint density at radius 3 is 2.70 bits per heavy atom. The van der Waals surface area contributed by atoms with E-state index in [-0.39, 0.29) is 5.91 Å². The molecule has 0 bridgehead atoms. The molecule has 6 nitrogen and oxygen atoms in total. The number of halogens is 1. The summed E-state index contributed by atoms with van der Waals surface area (Å²) in [6.07, 6.45) is 1.46. The molecule has 146 valence electrons. The Morgan fingerprint density at radius 2 is 1.80 bits per heavy atom. The fourth-order valence-electron chi connectivity index (χ4n) is 3.54. The van der Waals surface area contributed by atoms with Gasteiger partial charge in [0.15, 0.2) is 5.65 Å². The molecule has 3 aromatic carbocycles. The minimum Gasteiger partial charge on any atom is -0.321 e. The van der Waals surface area contributed by atoms with Crippen molar-refractivity contribution in [3.63, 3.8) is 0 Å². The minimum absolute atomic E-state index is 0.338. The average molecular weight is 415 g/mol. The lowest BCUT2D eigenvalue weighted by atomic mass is 9.97. The maximum absolute atomic E-state index is 12.9. The third-order valence-electron chi connectivity index (χ3n) is 4.98. The topological polar surface area (TPSA) is 79.3 Å². The van der Waals surface area contributed by atoms with E-state index in [1.807, 2.05) is 48.5 Å². The number of hydrogen-bond donors (Lipinski definition) is 2. The van der Waals surface area contributed by atoms with Crippen molar-refractivity contribution in [3.05, 3.63) is 100 Å². The van der Waals surface area contributed by atoms with Crippen LogP contribution in [0.25, 0.3) is 27.5 Å². The number of hydrogen-bond acceptors (Lipinski definition) is 3. The molecule has 1 amide bonds. The number of nitrogens with one attached hydrogen (secondary N) is 2. The van der Waals surface area contributed by atoms with Crippen LogP contribution in [0.15, 0.2) is 83.8 Å². The first kappa shape index (κ1) is 18.1. The van der Waals surface area contributed by atoms with E-state index in [1.54, 1.807) is 24.3 Å². The van der Waals surface area contributed by atoms with Gasteiger partial charge in [-0.05, 0) is 46.7 Å². The van der Waals surface area contributed by atoms with Crippen LogP contribution in [-0.4, -0.2) is 20.5 Å². The van der Waals surface area contributed by atoms with Crippen molar-refractivity contribution in [3.8, 4) is 11.1 Å². The first-order chi connectivity index (χ1) is 14.6. The van der Waals surface area contributed by atoms with Gasteiger partial charge in [0.1, 0.15) is 0 Å². The lowest BCUT2D eigenvalue weighted by Crippen LogP contribution is -2.16. The number of aromatic amines is 1. The Morgan fingerprint density at radius 1 is 0.967 bits per heavy atom. The second-order valence-corrected chi connectivity index (χ2v) is 7.28. The molecular weight excluding hydrogens is 400 g/mol. The molecule has 0 aliphatic carbocycles. The van der Waals surface area contributed by atoms with Crippen molar-refractivity contribution in [2.24, 2.45) is 0 Å². The molecule has 7 heteroatoms. The third kappa shape index (κ3) is 3.13. The van der Waals surface area contributed by atoms with Gasteiger partial charge >= 0.3 is 5.69 Å². The molecule has 0 saturated carbocycles. The van der Waals surface area contributed by atoms with Crippen molar-refractivity contribution in [1.29, 1.82) is 0 Å². The number of carbonyl (C=O) groups is 1. The van der Waals surface area contributed by atoms with Gasteiger partial charge in [0.2, 0.25) is 0 Å². The van der Waals surface area contributed by atoms with Crippen LogP contribution in [0.5, 0.6) is 0 Å². The molecule has 0 saturated heterocycles. The summed E-state index contributed by atoms with van der Waals surface area (Å²) in [6.45, 7) is 0. The quantitative estimate of drug-likeness (QED) is 0.447. The fraction of sp³-hybridized carbons (Fsp3) is 0. The Balaban J connectivity index is 1.59. The van der Waals surface area contributed by atoms with Gasteiger partial charge in [-0.15, -0.1) is 0 Å². The largest absolute Gasteiger partial charge is 0.347 e. The number of benzene rings is 3. The van der Waals surface area contributed by atoms with Crippen molar-refractivity contribution < 1.29 is 4.79 Å². The summed E-state index contributed by atoms with van der Waals surface area (Å²) in [5, 5.41) is 11.9. The molecular formula is C23H15ClN4O2. The zero-order valence-corrected chi connectivity index (χ0v) is 16.4. The average Bonchev–Trinajstić information content (AvgIpc) is 3.14. The van der Waals surface area contributed by atoms with Gasteiger partial charge in [0, 0.05) is 22.5 Å². The molecule has 5 aromatic rings. The minimum atomic E-state index is -0.400. The van der Waals surface area contributed by atoms with E-state index in [0.717, 1.165) is 21.9 Å². The van der Waals surface area contributed by atoms with E-state index in [9.17, 15) is 9.59 Å². The van der Waals surface area contributed by atoms with Crippen molar-refractivity contribution in [2.45, 2.75) is 0 Å². The van der Waals surface area contributed by atoms with Crippen molar-refractivity contribution >= 4 is 39.6 Å². The second-order valence-electron chi connectivity index (χ2n) is 6.85. The molecule has 0 fully saturated rings. The smallest absolute Gasteiger partial charge is 0.321 e. The molecule has 5 rings (SSSR count). The first-order valence-corrected chi connectivity index (χ1v) is 9.64. The number of rotatable bonds is 3. The van der Waals surface area contributed by atoms with Gasteiger partial charge in [-0.25, -0.2) is 14.3 Å². The highest BCUT2D eigenvalue weighted by Crippen LogP contribution is 2.35. The highest BCUT2D eigenvalue weighted by molar-refractivity contribution is 6.31. The summed E-state index contributed by atoms with van der Waals surface area (Å²) in [5.74, 6) is -0.339. The summed E-state index contributed by atoms with van der Waals surface area (Å²) in [7, 11) is 0. The Bertz CT molecular complexity index is 1480. The summed E-state index contributed by atoms with van der Waals surface area (Å²) < 4.78 is 1.29. The van der Waals surface area contributed by atoms with Gasteiger partial charge in [0.05, 0.1) is 5.56 Å². The number of H-pyrrole nitrogens is 1. The van der Waals surface area contributed by atoms with Crippen LogP contribution in [0.3, 0.4) is 0 Å². The number of carbonyl (C=O) groups excluding carboxylic acids is 1. The highest BCUT2D eigenvalue weighted by atomic mass is 35.5. The van der Waals surface area contributed by atoms with Gasteiger partial charge in [-0.3, -0.25) is 4.79 Å². The molecule has 0 radical (unpaired) electrons. The number of nitrogens with zero attached hydrogens (tertiary/aromatic N) is 2. The van der Waals surface area contributed by atoms with Crippen LogP contribution in [-0.2, 0) is 0 Å². The van der Waals surface area contributed by atoms with Gasteiger partial charge in [0.25, 0.3) is 5.91 Å². The van der Waals surface area contributed by atoms with E-state index >= 15 is 0 Å². The van der Waals surface area contributed by atoms with E-state index in [1.165, 1.54) is 10.6 Å². The first-order valence-electron chi connectivity index (χ1n) is 9.26. The molecule has 0 aliphatic rings. The number of fused-ring (bicyclic) bond motifs is 2. The summed E-state index contributed by atoms with van der Waals surface area (Å²) >= 11 is 6.28. The number of amides is 1. The lowest BCUT2D eigenvalue weighted by Gasteiger charge is -2.14. The van der Waals surface area contributed by atoms with Crippen molar-refractivity contribution in [2.75, 3.05) is 5.32 Å². The van der Waals surface area contributed by atoms with E-state index in [0.29, 0.717) is 21.9 Å². The highest BCUT2D eigenvalue weighted by Gasteiger charge is 2.14. The Labute approximate surface area is 175 Å². The third-order valence-corrected chi connectivity index (χ3v) is 5.22. The Hall–Kier alpha value is -3.90. The van der Waals surface area contributed by atoms with Crippen LogP contribution >= 0.6 is 11.6 Å². The van der Waals surface area contributed by atoms with Crippen molar-refractivity contribution in [1.82, 2.24) is 14.6 Å². The molecule has 0 aliphatic heterocycles. The van der Waals surface area contributed by atoms with E-state index in [2.05, 4.69) is 15.5 Å². The zero-order chi connectivity index (χ0) is 20.7. The fourth-order valence-corrected chi connectivity index (χ4v) is 3.72. The molecule has 2 N–H and O–H groups in total. The van der Waals surface area contributed by atoms with Crippen LogP contribution < -0.4 is 11.0 Å². The number of pyridine rings is 1. The molecule has 2 heterocycles. The summed E-state index contributed by atoms with van der Waals surface area (Å²) in [4.78, 5) is 24.7. The SMILES string of the molecule is O=C(Nc1ccc(Cl)cc1-c1cccc2ccccc12)c1ccc2n[nH]c(=O)n2c1. The van der Waals surface area contributed by atoms with Crippen LogP contribution in [0.4, 0.5) is 5.69 Å². The predicted octanol–water partition coefficient (Wildman–Crippen LogP) is 4.75. The molecule has 0 spiro atoms. The normalized spacial score (nSPS) is 11.1. The van der Waals surface area contributed by atoms with Crippen LogP contribution in [0.1, 0.15) is 10.4 Å². The van der Waals surface area contributed by atoms with Gasteiger partial charge in [-0.2, -0.15) is 5.10 Å². The molecule has 0 unspecified atom stereocenters. The molecule has 0 atom stereocenters. The summed E-state index contributed by atoms with van der Waals surface area (Å²) in [5.41, 5.74) is 2.79. The zero-order valence-electron chi connectivity index (χ0n) is 15.6.